The van der Waals surface area contributed by atoms with E-state index in [4.69, 9.17) is 4.74 Å². The molecule has 0 aliphatic carbocycles. The zero-order chi connectivity index (χ0) is 17.0. The van der Waals surface area contributed by atoms with Crippen LogP contribution in [0.2, 0.25) is 0 Å². The first kappa shape index (κ1) is 16.4. The molecule has 2 rings (SSSR count). The maximum Gasteiger partial charge on any atom is 0.408 e. The summed E-state index contributed by atoms with van der Waals surface area (Å²) in [6.45, 7) is 5.44. The van der Waals surface area contributed by atoms with E-state index in [0.29, 0.717) is 16.5 Å². The molecule has 2 aromatic rings. The smallest absolute Gasteiger partial charge is 0.408 e. The molecule has 120 valence electrons. The van der Waals surface area contributed by atoms with Crippen molar-refractivity contribution in [3.63, 3.8) is 0 Å². The second kappa shape index (κ2) is 6.40. The number of aromatic nitrogens is 2. The van der Waals surface area contributed by atoms with Crippen LogP contribution < -0.4 is 16.6 Å². The fourth-order valence-electron chi connectivity index (χ4n) is 1.82. The summed E-state index contributed by atoms with van der Waals surface area (Å²) in [5.41, 5.74) is -0.548. The number of carbonyl (C=O) groups excluding carboxylic acids is 1. The molecule has 0 saturated carbocycles. The van der Waals surface area contributed by atoms with Gasteiger partial charge in [0, 0.05) is 5.56 Å². The first-order valence-corrected chi connectivity index (χ1v) is 6.97. The molecular weight excluding hydrogens is 298 g/mol. The molecule has 7 heteroatoms. The van der Waals surface area contributed by atoms with Gasteiger partial charge in [-0.3, -0.25) is 9.78 Å². The minimum atomic E-state index is -0.562. The number of benzene rings is 1. The number of nitrogens with one attached hydrogen (secondary N) is 3. The summed E-state index contributed by atoms with van der Waals surface area (Å²) in [6, 6.07) is 4.86. The lowest BCUT2D eigenvalue weighted by Crippen LogP contribution is -2.32. The number of rotatable bonds is 1. The molecular formula is C16H17N3O4. The average molecular weight is 315 g/mol. The van der Waals surface area contributed by atoms with Crippen LogP contribution in [0.4, 0.5) is 4.79 Å². The fraction of sp³-hybridized carbons (Fsp3) is 0.312. The molecule has 0 unspecified atom stereocenters. The minimum absolute atomic E-state index is 0.120. The Bertz CT molecular complexity index is 907. The molecule has 1 aromatic carbocycles. The highest BCUT2D eigenvalue weighted by atomic mass is 16.6. The Labute approximate surface area is 132 Å². The quantitative estimate of drug-likeness (QED) is 0.685. The normalized spacial score (nSPS) is 10.7. The average Bonchev–Trinajstić information content (AvgIpc) is 2.42. The Morgan fingerprint density at radius 3 is 2.70 bits per heavy atom. The summed E-state index contributed by atoms with van der Waals surface area (Å²) in [4.78, 5) is 39.0. The van der Waals surface area contributed by atoms with Crippen molar-refractivity contribution in [2.75, 3.05) is 6.54 Å². The molecule has 0 saturated heterocycles. The Morgan fingerprint density at radius 2 is 2.00 bits per heavy atom. The van der Waals surface area contributed by atoms with Gasteiger partial charge in [0.2, 0.25) is 0 Å². The third kappa shape index (κ3) is 4.74. The van der Waals surface area contributed by atoms with Crippen molar-refractivity contribution in [3.05, 3.63) is 44.6 Å². The zero-order valence-electron chi connectivity index (χ0n) is 13.1. The summed E-state index contributed by atoms with van der Waals surface area (Å²) in [5, 5.41) is 2.86. The van der Waals surface area contributed by atoms with Gasteiger partial charge < -0.3 is 15.0 Å². The molecule has 7 nitrogen and oxygen atoms in total. The molecule has 1 amide bonds. The van der Waals surface area contributed by atoms with E-state index in [1.54, 1.807) is 39.0 Å². The van der Waals surface area contributed by atoms with Gasteiger partial charge in [-0.25, -0.2) is 9.59 Å². The molecule has 23 heavy (non-hydrogen) atoms. The van der Waals surface area contributed by atoms with Crippen molar-refractivity contribution in [3.8, 4) is 11.8 Å². The molecule has 0 atom stereocenters. The number of hydrogen-bond acceptors (Lipinski definition) is 4. The SMILES string of the molecule is CC(C)(C)OC(=O)NCC#Cc1ccc2[nH]c(=O)[nH]c(=O)c2c1. The number of alkyl carbamates (subject to hydrolysis) is 1. The number of fused-ring (bicyclic) bond motifs is 1. The van der Waals surface area contributed by atoms with Gasteiger partial charge in [-0.05, 0) is 39.0 Å². The molecule has 1 heterocycles. The molecule has 3 N–H and O–H groups in total. The number of amides is 1. The van der Waals surface area contributed by atoms with Gasteiger partial charge in [-0.15, -0.1) is 0 Å². The van der Waals surface area contributed by atoms with Gasteiger partial charge in [0.15, 0.2) is 0 Å². The highest BCUT2D eigenvalue weighted by molar-refractivity contribution is 5.78. The van der Waals surface area contributed by atoms with E-state index in [1.807, 2.05) is 0 Å². The van der Waals surface area contributed by atoms with Crippen molar-refractivity contribution in [2.45, 2.75) is 26.4 Å². The fourth-order valence-corrected chi connectivity index (χ4v) is 1.82. The molecule has 0 aliphatic rings. The summed E-state index contributed by atoms with van der Waals surface area (Å²) in [7, 11) is 0. The zero-order valence-corrected chi connectivity index (χ0v) is 13.1. The monoisotopic (exact) mass is 315 g/mol. The number of H-pyrrole nitrogens is 2. The van der Waals surface area contributed by atoms with Crippen molar-refractivity contribution in [1.82, 2.24) is 15.3 Å². The summed E-state index contributed by atoms with van der Waals surface area (Å²) in [6.07, 6.45) is -0.542. The Balaban J connectivity index is 2.07. The van der Waals surface area contributed by atoms with Crippen molar-refractivity contribution in [2.24, 2.45) is 0 Å². The number of hydrogen-bond donors (Lipinski definition) is 3. The van der Waals surface area contributed by atoms with Crippen LogP contribution in [-0.4, -0.2) is 28.2 Å². The van der Waals surface area contributed by atoms with Crippen LogP contribution in [0, 0.1) is 11.8 Å². The van der Waals surface area contributed by atoms with E-state index >= 15 is 0 Å². The second-order valence-corrected chi connectivity index (χ2v) is 5.83. The van der Waals surface area contributed by atoms with Crippen LogP contribution in [0.25, 0.3) is 10.9 Å². The third-order valence-electron chi connectivity index (χ3n) is 2.69. The lowest BCUT2D eigenvalue weighted by atomic mass is 10.1. The minimum Gasteiger partial charge on any atom is -0.444 e. The van der Waals surface area contributed by atoms with Crippen LogP contribution in [0.1, 0.15) is 26.3 Å². The molecule has 0 radical (unpaired) electrons. The van der Waals surface area contributed by atoms with Crippen LogP contribution in [0.15, 0.2) is 27.8 Å². The van der Waals surface area contributed by atoms with E-state index in [-0.39, 0.29) is 6.54 Å². The maximum absolute atomic E-state index is 11.7. The van der Waals surface area contributed by atoms with E-state index < -0.39 is 22.9 Å². The molecule has 1 aromatic heterocycles. The Kier molecular flexibility index (Phi) is 4.55. The second-order valence-electron chi connectivity index (χ2n) is 5.83. The van der Waals surface area contributed by atoms with Crippen molar-refractivity contribution in [1.29, 1.82) is 0 Å². The molecule has 0 aliphatic heterocycles. The van der Waals surface area contributed by atoms with E-state index in [9.17, 15) is 14.4 Å². The maximum atomic E-state index is 11.7. The van der Waals surface area contributed by atoms with E-state index in [0.717, 1.165) is 0 Å². The summed E-state index contributed by atoms with van der Waals surface area (Å²) >= 11 is 0. The van der Waals surface area contributed by atoms with Gasteiger partial charge in [-0.2, -0.15) is 0 Å². The van der Waals surface area contributed by atoms with Gasteiger partial charge in [0.25, 0.3) is 5.56 Å². The summed E-state index contributed by atoms with van der Waals surface area (Å²) < 4.78 is 5.08. The van der Waals surface area contributed by atoms with Gasteiger partial charge in [-0.1, -0.05) is 11.8 Å². The summed E-state index contributed by atoms with van der Waals surface area (Å²) in [5.74, 6) is 5.60. The molecule has 0 bridgehead atoms. The first-order chi connectivity index (χ1) is 10.7. The van der Waals surface area contributed by atoms with Crippen LogP contribution in [0.5, 0.6) is 0 Å². The Morgan fingerprint density at radius 1 is 1.26 bits per heavy atom. The van der Waals surface area contributed by atoms with E-state index in [1.165, 1.54) is 0 Å². The van der Waals surface area contributed by atoms with Crippen LogP contribution in [0.3, 0.4) is 0 Å². The largest absolute Gasteiger partial charge is 0.444 e. The van der Waals surface area contributed by atoms with Gasteiger partial charge in [0.05, 0.1) is 17.4 Å². The predicted octanol–water partition coefficient (Wildman–Crippen LogP) is 1.09. The first-order valence-electron chi connectivity index (χ1n) is 6.97. The highest BCUT2D eigenvalue weighted by Gasteiger charge is 2.14. The van der Waals surface area contributed by atoms with Crippen molar-refractivity contribution >= 4 is 17.0 Å². The number of carbonyl (C=O) groups is 1. The highest BCUT2D eigenvalue weighted by Crippen LogP contribution is 2.07. The predicted molar refractivity (Wildman–Crippen MR) is 86.3 cm³/mol. The number of ether oxygens (including phenoxy) is 1. The van der Waals surface area contributed by atoms with Gasteiger partial charge >= 0.3 is 11.8 Å². The Hall–Kier alpha value is -3.01. The van der Waals surface area contributed by atoms with Gasteiger partial charge in [0.1, 0.15) is 5.60 Å². The lowest BCUT2D eigenvalue weighted by molar-refractivity contribution is 0.0535. The van der Waals surface area contributed by atoms with Crippen molar-refractivity contribution < 1.29 is 9.53 Å². The molecule has 0 fully saturated rings. The van der Waals surface area contributed by atoms with E-state index in [2.05, 4.69) is 27.1 Å². The third-order valence-corrected chi connectivity index (χ3v) is 2.69. The molecule has 0 spiro atoms. The van der Waals surface area contributed by atoms with Crippen LogP contribution in [-0.2, 0) is 4.74 Å². The van der Waals surface area contributed by atoms with Crippen LogP contribution >= 0.6 is 0 Å². The topological polar surface area (TPSA) is 104 Å². The standard InChI is InChI=1S/C16H17N3O4/c1-16(2,3)23-15(22)17-8-4-5-10-6-7-12-11(9-10)13(20)19-14(21)18-12/h6-7,9H,8H2,1-3H3,(H,17,22)(H2,18,19,20,21). The number of aromatic amines is 2. The lowest BCUT2D eigenvalue weighted by Gasteiger charge is -2.18.